The van der Waals surface area contributed by atoms with E-state index in [1.807, 2.05) is 12.1 Å². The predicted molar refractivity (Wildman–Crippen MR) is 97.5 cm³/mol. The number of ketones is 2. The fourth-order valence-corrected chi connectivity index (χ4v) is 3.15. The van der Waals surface area contributed by atoms with Crippen LogP contribution in [0.2, 0.25) is 0 Å². The van der Waals surface area contributed by atoms with Crippen molar-refractivity contribution in [2.75, 3.05) is 14.2 Å². The standard InChI is InChI=1S/C16H14O4S.C3H8/c1-19-13-5-10-6-16(21-15(10)8-14(13)20-2)12(18)7-11(17)9-3-4-9;1-3-2/h3-6,8-9H,7H2,1-2H3;3H2,1-2H3. The van der Waals surface area contributed by atoms with Gasteiger partial charge in [-0.2, -0.15) is 0 Å². The van der Waals surface area contributed by atoms with Gasteiger partial charge in [-0.1, -0.05) is 32.4 Å². The Balaban J connectivity index is 0.000000647. The van der Waals surface area contributed by atoms with E-state index in [-0.39, 0.29) is 23.9 Å². The van der Waals surface area contributed by atoms with Gasteiger partial charge in [-0.05, 0) is 17.5 Å². The van der Waals surface area contributed by atoms with E-state index in [2.05, 4.69) is 13.8 Å². The van der Waals surface area contributed by atoms with Crippen molar-refractivity contribution in [3.8, 4) is 11.5 Å². The number of Topliss-reactive ketones (excluding diaryl/α,β-unsaturated/α-hetero) is 2. The van der Waals surface area contributed by atoms with Gasteiger partial charge in [0.25, 0.3) is 0 Å². The van der Waals surface area contributed by atoms with Gasteiger partial charge in [-0.3, -0.25) is 9.59 Å². The quantitative estimate of drug-likeness (QED) is 0.433. The molecular weight excluding hydrogens is 324 g/mol. The van der Waals surface area contributed by atoms with Gasteiger partial charge < -0.3 is 9.47 Å². The van der Waals surface area contributed by atoms with Crippen LogP contribution in [-0.2, 0) is 4.79 Å². The molecule has 0 N–H and O–H groups in total. The number of fused-ring (bicyclic) bond motifs is 1. The molecule has 3 rings (SSSR count). The summed E-state index contributed by atoms with van der Waals surface area (Å²) in [5.74, 6) is 0.966. The summed E-state index contributed by atoms with van der Waals surface area (Å²) in [5.41, 5.74) is 0. The van der Waals surface area contributed by atoms with Crippen LogP contribution in [0.15, 0.2) is 30.4 Å². The van der Waals surface area contributed by atoms with Gasteiger partial charge in [-0.25, -0.2) is 0 Å². The van der Waals surface area contributed by atoms with Gasteiger partial charge in [0, 0.05) is 10.8 Å². The fraction of sp³-hybridized carbons (Fsp3) is 0.368. The first kappa shape index (κ1) is 18.2. The third-order valence-corrected chi connectivity index (χ3v) is 4.53. The van der Waals surface area contributed by atoms with E-state index in [0.717, 1.165) is 10.1 Å². The molecule has 0 unspecified atom stereocenters. The lowest BCUT2D eigenvalue weighted by Crippen LogP contribution is -2.09. The SMILES string of the molecule is CCC.COc1cc2cc(C(=O)CC(=O)C3C=C3)sc2cc1OC. The van der Waals surface area contributed by atoms with Crippen molar-refractivity contribution in [1.82, 2.24) is 0 Å². The third-order valence-electron chi connectivity index (χ3n) is 3.39. The maximum Gasteiger partial charge on any atom is 0.180 e. The molecule has 0 saturated carbocycles. The monoisotopic (exact) mass is 346 g/mol. The van der Waals surface area contributed by atoms with E-state index in [1.54, 1.807) is 32.4 Å². The van der Waals surface area contributed by atoms with E-state index in [4.69, 9.17) is 9.47 Å². The highest BCUT2D eigenvalue weighted by atomic mass is 32.1. The van der Waals surface area contributed by atoms with Gasteiger partial charge >= 0.3 is 0 Å². The number of carbonyl (C=O) groups is 2. The summed E-state index contributed by atoms with van der Waals surface area (Å²) < 4.78 is 11.4. The molecule has 0 radical (unpaired) electrons. The summed E-state index contributed by atoms with van der Waals surface area (Å²) in [7, 11) is 3.15. The molecule has 0 atom stereocenters. The smallest absolute Gasteiger partial charge is 0.180 e. The summed E-state index contributed by atoms with van der Waals surface area (Å²) >= 11 is 1.37. The Hall–Kier alpha value is -2.14. The lowest BCUT2D eigenvalue weighted by molar-refractivity contribution is -0.118. The molecule has 1 heterocycles. The minimum absolute atomic E-state index is 0.0346. The maximum absolute atomic E-state index is 12.2. The molecule has 128 valence electrons. The molecule has 0 saturated heterocycles. The highest BCUT2D eigenvalue weighted by Gasteiger charge is 2.24. The van der Waals surface area contributed by atoms with E-state index >= 15 is 0 Å². The Kier molecular flexibility index (Phi) is 6.15. The van der Waals surface area contributed by atoms with Crippen molar-refractivity contribution in [2.24, 2.45) is 5.92 Å². The van der Waals surface area contributed by atoms with Crippen LogP contribution in [0.3, 0.4) is 0 Å². The number of ether oxygens (including phenoxy) is 2. The van der Waals surface area contributed by atoms with Crippen LogP contribution >= 0.6 is 11.3 Å². The van der Waals surface area contributed by atoms with Crippen LogP contribution in [0.1, 0.15) is 36.4 Å². The number of rotatable bonds is 6. The lowest BCUT2D eigenvalue weighted by Gasteiger charge is -2.06. The van der Waals surface area contributed by atoms with Crippen molar-refractivity contribution >= 4 is 33.0 Å². The molecule has 0 aliphatic heterocycles. The average Bonchev–Trinajstić information content (AvgIpc) is 3.33. The molecule has 0 bridgehead atoms. The first-order valence-corrected chi connectivity index (χ1v) is 8.75. The lowest BCUT2D eigenvalue weighted by atomic mass is 10.1. The molecule has 1 aliphatic rings. The van der Waals surface area contributed by atoms with Crippen molar-refractivity contribution in [3.05, 3.63) is 35.2 Å². The predicted octanol–water partition coefficient (Wildman–Crippen LogP) is 4.66. The van der Waals surface area contributed by atoms with Gasteiger partial charge in [0.1, 0.15) is 0 Å². The molecule has 4 nitrogen and oxygen atoms in total. The van der Waals surface area contributed by atoms with Crippen molar-refractivity contribution in [1.29, 1.82) is 0 Å². The second kappa shape index (κ2) is 8.11. The summed E-state index contributed by atoms with van der Waals surface area (Å²) in [5, 5.41) is 0.915. The zero-order valence-corrected chi connectivity index (χ0v) is 15.2. The topological polar surface area (TPSA) is 52.6 Å². The fourth-order valence-electron chi connectivity index (χ4n) is 2.14. The van der Waals surface area contributed by atoms with Crippen LogP contribution in [0.4, 0.5) is 0 Å². The summed E-state index contributed by atoms with van der Waals surface area (Å²) in [4.78, 5) is 24.4. The molecule has 0 fully saturated rings. The van der Waals surface area contributed by atoms with E-state index in [0.29, 0.717) is 16.4 Å². The Labute approximate surface area is 146 Å². The Bertz CT molecular complexity index is 726. The van der Waals surface area contributed by atoms with Gasteiger partial charge in [0.2, 0.25) is 0 Å². The minimum atomic E-state index is -0.132. The molecular formula is C19H22O4S. The van der Waals surface area contributed by atoms with Crippen molar-refractivity contribution in [2.45, 2.75) is 26.7 Å². The molecule has 5 heteroatoms. The molecule has 1 aromatic heterocycles. The Morgan fingerprint density at radius 1 is 1.04 bits per heavy atom. The Morgan fingerprint density at radius 3 is 2.17 bits per heavy atom. The third kappa shape index (κ3) is 4.23. The number of carbonyl (C=O) groups excluding carboxylic acids is 2. The number of benzene rings is 1. The molecule has 24 heavy (non-hydrogen) atoms. The number of allylic oxidation sites excluding steroid dienone is 2. The van der Waals surface area contributed by atoms with E-state index in [1.165, 1.54) is 17.8 Å². The van der Waals surface area contributed by atoms with Crippen LogP contribution in [0, 0.1) is 5.92 Å². The van der Waals surface area contributed by atoms with Crippen LogP contribution in [0.25, 0.3) is 10.1 Å². The number of hydrogen-bond acceptors (Lipinski definition) is 5. The summed E-state index contributed by atoms with van der Waals surface area (Å²) in [6, 6.07) is 5.49. The van der Waals surface area contributed by atoms with Crippen LogP contribution < -0.4 is 9.47 Å². The van der Waals surface area contributed by atoms with E-state index < -0.39 is 0 Å². The highest BCUT2D eigenvalue weighted by molar-refractivity contribution is 7.20. The largest absolute Gasteiger partial charge is 0.493 e. The molecule has 2 aromatic rings. The summed E-state index contributed by atoms with van der Waals surface area (Å²) in [6.45, 7) is 4.25. The maximum atomic E-state index is 12.2. The van der Waals surface area contributed by atoms with Gasteiger partial charge in [0.05, 0.1) is 31.4 Å². The van der Waals surface area contributed by atoms with E-state index in [9.17, 15) is 9.59 Å². The first-order chi connectivity index (χ1) is 11.5. The molecule has 0 spiro atoms. The molecule has 1 aromatic carbocycles. The van der Waals surface area contributed by atoms with Crippen molar-refractivity contribution in [3.63, 3.8) is 0 Å². The molecule has 1 aliphatic carbocycles. The second-order valence-corrected chi connectivity index (χ2v) is 6.62. The normalized spacial score (nSPS) is 12.5. The van der Waals surface area contributed by atoms with Gasteiger partial charge in [0.15, 0.2) is 23.1 Å². The summed E-state index contributed by atoms with van der Waals surface area (Å²) in [6.07, 6.45) is 4.81. The van der Waals surface area contributed by atoms with Crippen molar-refractivity contribution < 1.29 is 19.1 Å². The molecule has 0 amide bonds. The van der Waals surface area contributed by atoms with Gasteiger partial charge in [-0.15, -0.1) is 11.3 Å². The highest BCUT2D eigenvalue weighted by Crippen LogP contribution is 2.36. The zero-order valence-electron chi connectivity index (χ0n) is 14.4. The van der Waals surface area contributed by atoms with Crippen LogP contribution in [-0.4, -0.2) is 25.8 Å². The first-order valence-electron chi connectivity index (χ1n) is 7.93. The number of hydrogen-bond donors (Lipinski definition) is 0. The second-order valence-electron chi connectivity index (χ2n) is 5.54. The number of thiophene rings is 1. The van der Waals surface area contributed by atoms with Crippen LogP contribution in [0.5, 0.6) is 11.5 Å². The minimum Gasteiger partial charge on any atom is -0.493 e. The average molecular weight is 346 g/mol. The Morgan fingerprint density at radius 2 is 1.62 bits per heavy atom. The zero-order chi connectivity index (χ0) is 17.7. The number of methoxy groups -OCH3 is 2.